The minimum absolute atomic E-state index is 0.241. The predicted octanol–water partition coefficient (Wildman–Crippen LogP) is 4.00. The molecule has 1 aliphatic rings. The molecule has 2 heterocycles. The highest BCUT2D eigenvalue weighted by Gasteiger charge is 2.26. The molecule has 0 saturated carbocycles. The number of benzene rings is 2. The summed E-state index contributed by atoms with van der Waals surface area (Å²) < 4.78 is 43.0. The van der Waals surface area contributed by atoms with E-state index in [1.165, 1.54) is 12.1 Å². The molecule has 0 N–H and O–H groups in total. The number of piperidine rings is 1. The van der Waals surface area contributed by atoms with Crippen LogP contribution in [0, 0.1) is 5.82 Å². The van der Waals surface area contributed by atoms with Crippen molar-refractivity contribution in [3.8, 4) is 0 Å². The highest BCUT2D eigenvalue weighted by atomic mass is 32.2. The summed E-state index contributed by atoms with van der Waals surface area (Å²) >= 11 is 0. The molecular formula is C23H29FN4O2S. The molecular weight excluding hydrogens is 415 g/mol. The number of halogens is 1. The molecule has 0 bridgehead atoms. The maximum Gasteiger partial charge on any atom is 0.243 e. The Balaban J connectivity index is 1.58. The molecule has 0 aliphatic carbocycles. The van der Waals surface area contributed by atoms with Crippen molar-refractivity contribution in [3.05, 3.63) is 59.7 Å². The molecule has 8 heteroatoms. The van der Waals surface area contributed by atoms with Gasteiger partial charge in [-0.1, -0.05) is 18.6 Å². The van der Waals surface area contributed by atoms with Crippen LogP contribution in [0.15, 0.2) is 47.4 Å². The van der Waals surface area contributed by atoms with Gasteiger partial charge in [-0.05, 0) is 62.7 Å². The van der Waals surface area contributed by atoms with Crippen LogP contribution in [0.2, 0.25) is 0 Å². The number of fused-ring (bicyclic) bond motifs is 1. The number of sulfonamides is 1. The summed E-state index contributed by atoms with van der Waals surface area (Å²) in [5.41, 5.74) is 2.66. The average Bonchev–Trinajstić information content (AvgIpc) is 3.11. The SMILES string of the molecule is CCn1c(CN(C)Cc2ccc(F)cc2)nc2cc(S(=O)(=O)N3CCCCC3)ccc21. The Bertz CT molecular complexity index is 1150. The van der Waals surface area contributed by atoms with Crippen molar-refractivity contribution >= 4 is 21.1 Å². The summed E-state index contributed by atoms with van der Waals surface area (Å²) in [6.45, 7) is 5.25. The van der Waals surface area contributed by atoms with Crippen LogP contribution in [-0.4, -0.2) is 47.3 Å². The highest BCUT2D eigenvalue weighted by Crippen LogP contribution is 2.25. The largest absolute Gasteiger partial charge is 0.327 e. The van der Waals surface area contributed by atoms with E-state index in [0.29, 0.717) is 36.6 Å². The van der Waals surface area contributed by atoms with Gasteiger partial charge in [0.05, 0.1) is 22.5 Å². The third-order valence-corrected chi connectivity index (χ3v) is 7.74. The van der Waals surface area contributed by atoms with Gasteiger partial charge in [0.1, 0.15) is 11.6 Å². The average molecular weight is 445 g/mol. The molecule has 1 aliphatic heterocycles. The topological polar surface area (TPSA) is 58.4 Å². The molecule has 1 saturated heterocycles. The van der Waals surface area contributed by atoms with Crippen LogP contribution in [0.1, 0.15) is 37.6 Å². The Kier molecular flexibility index (Phi) is 6.41. The molecule has 0 unspecified atom stereocenters. The summed E-state index contributed by atoms with van der Waals surface area (Å²) in [7, 11) is -1.49. The second-order valence-electron chi connectivity index (χ2n) is 8.19. The fourth-order valence-electron chi connectivity index (χ4n) is 4.25. The van der Waals surface area contributed by atoms with Gasteiger partial charge in [-0.15, -0.1) is 0 Å². The molecule has 6 nitrogen and oxygen atoms in total. The monoisotopic (exact) mass is 444 g/mol. The van der Waals surface area contributed by atoms with Gasteiger partial charge in [-0.2, -0.15) is 4.31 Å². The van der Waals surface area contributed by atoms with E-state index in [1.54, 1.807) is 28.6 Å². The Labute approximate surface area is 183 Å². The normalized spacial score (nSPS) is 15.7. The van der Waals surface area contributed by atoms with Gasteiger partial charge in [-0.25, -0.2) is 17.8 Å². The van der Waals surface area contributed by atoms with E-state index < -0.39 is 10.0 Å². The summed E-state index contributed by atoms with van der Waals surface area (Å²) in [6, 6.07) is 11.8. The molecule has 0 radical (unpaired) electrons. The van der Waals surface area contributed by atoms with Gasteiger partial charge in [0, 0.05) is 26.2 Å². The van der Waals surface area contributed by atoms with E-state index >= 15 is 0 Å². The van der Waals surface area contributed by atoms with Crippen molar-refractivity contribution in [3.63, 3.8) is 0 Å². The molecule has 2 aromatic carbocycles. The summed E-state index contributed by atoms with van der Waals surface area (Å²) in [5.74, 6) is 0.643. The second-order valence-corrected chi connectivity index (χ2v) is 10.1. The zero-order chi connectivity index (χ0) is 22.0. The lowest BCUT2D eigenvalue weighted by Crippen LogP contribution is -2.35. The summed E-state index contributed by atoms with van der Waals surface area (Å²) in [4.78, 5) is 7.21. The maximum atomic E-state index is 13.2. The molecule has 1 aromatic heterocycles. The first-order chi connectivity index (χ1) is 14.9. The van der Waals surface area contributed by atoms with Crippen LogP contribution in [-0.2, 0) is 29.7 Å². The molecule has 4 rings (SSSR count). The first-order valence-corrected chi connectivity index (χ1v) is 12.2. The van der Waals surface area contributed by atoms with Crippen molar-refractivity contribution in [2.45, 2.75) is 50.7 Å². The van der Waals surface area contributed by atoms with Crippen molar-refractivity contribution in [1.82, 2.24) is 18.8 Å². The Morgan fingerprint density at radius 3 is 2.42 bits per heavy atom. The van der Waals surface area contributed by atoms with Crippen molar-refractivity contribution in [2.75, 3.05) is 20.1 Å². The molecule has 0 amide bonds. The third-order valence-electron chi connectivity index (χ3n) is 5.84. The highest BCUT2D eigenvalue weighted by molar-refractivity contribution is 7.89. The molecule has 166 valence electrons. The van der Waals surface area contributed by atoms with E-state index in [2.05, 4.69) is 16.4 Å². The van der Waals surface area contributed by atoms with E-state index in [9.17, 15) is 12.8 Å². The smallest absolute Gasteiger partial charge is 0.243 e. The van der Waals surface area contributed by atoms with E-state index in [0.717, 1.165) is 42.7 Å². The van der Waals surface area contributed by atoms with Crippen molar-refractivity contribution in [1.29, 1.82) is 0 Å². The van der Waals surface area contributed by atoms with Crippen LogP contribution in [0.3, 0.4) is 0 Å². The lowest BCUT2D eigenvalue weighted by Gasteiger charge is -2.25. The lowest BCUT2D eigenvalue weighted by atomic mass is 10.2. The van der Waals surface area contributed by atoms with Gasteiger partial charge < -0.3 is 4.57 Å². The number of rotatable bonds is 7. The fraction of sp³-hybridized carbons (Fsp3) is 0.435. The van der Waals surface area contributed by atoms with Crippen LogP contribution in [0.4, 0.5) is 4.39 Å². The minimum atomic E-state index is -3.49. The lowest BCUT2D eigenvalue weighted by molar-refractivity contribution is 0.306. The fourth-order valence-corrected chi connectivity index (χ4v) is 5.78. The molecule has 31 heavy (non-hydrogen) atoms. The molecule has 1 fully saturated rings. The number of nitrogens with zero attached hydrogens (tertiary/aromatic N) is 4. The number of hydrogen-bond acceptors (Lipinski definition) is 4. The van der Waals surface area contributed by atoms with E-state index in [-0.39, 0.29) is 5.82 Å². The Morgan fingerprint density at radius 2 is 1.74 bits per heavy atom. The predicted molar refractivity (Wildman–Crippen MR) is 120 cm³/mol. The maximum absolute atomic E-state index is 13.2. The standard InChI is InChI=1S/C23H29FN4O2S/c1-3-28-22-12-11-20(31(29,30)27-13-5-4-6-14-27)15-21(22)25-23(28)17-26(2)16-18-7-9-19(24)10-8-18/h7-12,15H,3-6,13-14,16-17H2,1-2H3. The van der Waals surface area contributed by atoms with Gasteiger partial charge in [0.15, 0.2) is 0 Å². The third kappa shape index (κ3) is 4.66. The van der Waals surface area contributed by atoms with Gasteiger partial charge in [0.25, 0.3) is 0 Å². The van der Waals surface area contributed by atoms with Crippen LogP contribution in [0.5, 0.6) is 0 Å². The van der Waals surface area contributed by atoms with Gasteiger partial charge >= 0.3 is 0 Å². The van der Waals surface area contributed by atoms with Crippen molar-refractivity contribution in [2.24, 2.45) is 0 Å². The first-order valence-electron chi connectivity index (χ1n) is 10.8. The van der Waals surface area contributed by atoms with Crippen LogP contribution >= 0.6 is 0 Å². The zero-order valence-corrected chi connectivity index (χ0v) is 18.9. The van der Waals surface area contributed by atoms with E-state index in [1.807, 2.05) is 13.1 Å². The molecule has 0 atom stereocenters. The number of hydrogen-bond donors (Lipinski definition) is 0. The number of aromatic nitrogens is 2. The van der Waals surface area contributed by atoms with Crippen molar-refractivity contribution < 1.29 is 12.8 Å². The first kappa shape index (κ1) is 21.9. The Hall–Kier alpha value is -2.29. The number of aryl methyl sites for hydroxylation is 1. The minimum Gasteiger partial charge on any atom is -0.327 e. The summed E-state index contributed by atoms with van der Waals surface area (Å²) in [5, 5.41) is 0. The van der Waals surface area contributed by atoms with Crippen LogP contribution in [0.25, 0.3) is 11.0 Å². The zero-order valence-electron chi connectivity index (χ0n) is 18.1. The molecule has 0 spiro atoms. The van der Waals surface area contributed by atoms with Gasteiger partial charge in [-0.3, -0.25) is 4.90 Å². The summed E-state index contributed by atoms with van der Waals surface area (Å²) in [6.07, 6.45) is 2.91. The second kappa shape index (κ2) is 9.06. The quantitative estimate of drug-likeness (QED) is 0.553. The van der Waals surface area contributed by atoms with E-state index in [4.69, 9.17) is 4.98 Å². The Morgan fingerprint density at radius 1 is 1.03 bits per heavy atom. The molecule has 3 aromatic rings. The van der Waals surface area contributed by atoms with Gasteiger partial charge in [0.2, 0.25) is 10.0 Å². The number of imidazole rings is 1. The van der Waals surface area contributed by atoms with Crippen LogP contribution < -0.4 is 0 Å².